The van der Waals surface area contributed by atoms with E-state index in [1.807, 2.05) is 68.4 Å². The van der Waals surface area contributed by atoms with Gasteiger partial charge in [0.2, 0.25) is 5.60 Å². The second kappa shape index (κ2) is 14.7. The van der Waals surface area contributed by atoms with Crippen molar-refractivity contribution in [3.05, 3.63) is 84.4 Å². The van der Waals surface area contributed by atoms with E-state index in [1.54, 1.807) is 36.1 Å². The molecule has 0 spiro atoms. The molecule has 2 N–H and O–H groups in total. The van der Waals surface area contributed by atoms with Gasteiger partial charge < -0.3 is 29.5 Å². The molecular formula is C31H38N2O6. The van der Waals surface area contributed by atoms with Crippen molar-refractivity contribution < 1.29 is 28.9 Å². The zero-order valence-corrected chi connectivity index (χ0v) is 22.9. The number of aliphatic carboxylic acids is 1. The van der Waals surface area contributed by atoms with E-state index >= 15 is 0 Å². The number of carboxylic acids is 1. The summed E-state index contributed by atoms with van der Waals surface area (Å²) < 4.78 is 17.1. The second-order valence-corrected chi connectivity index (χ2v) is 9.35. The van der Waals surface area contributed by atoms with E-state index in [4.69, 9.17) is 14.2 Å². The van der Waals surface area contributed by atoms with Gasteiger partial charge in [0.1, 0.15) is 17.2 Å². The largest absolute Gasteiger partial charge is 0.494 e. The molecule has 0 bridgehead atoms. The first kappa shape index (κ1) is 29.4. The summed E-state index contributed by atoms with van der Waals surface area (Å²) in [5.41, 5.74) is 0.135. The minimum atomic E-state index is -1.40. The third kappa shape index (κ3) is 9.25. The molecule has 0 heterocycles. The van der Waals surface area contributed by atoms with Crippen molar-refractivity contribution in [3.8, 4) is 17.2 Å². The number of anilines is 1. The Morgan fingerprint density at radius 2 is 1.49 bits per heavy atom. The maximum Gasteiger partial charge on any atom is 0.348 e. The van der Waals surface area contributed by atoms with Gasteiger partial charge in [0.15, 0.2) is 0 Å². The molecule has 0 aliphatic rings. The number of carbonyl (C=O) groups excluding carboxylic acids is 1. The SMILES string of the molecule is CCCN(CCCOc1ccc(CC(C)(Oc2ccccc2)C(=O)O)cc1)C(=O)Nc1ccc(OCC)cc1. The number of nitrogens with zero attached hydrogens (tertiary/aromatic N) is 1. The van der Waals surface area contributed by atoms with Gasteiger partial charge >= 0.3 is 12.0 Å². The number of amides is 2. The number of ether oxygens (including phenoxy) is 3. The first-order chi connectivity index (χ1) is 18.8. The molecule has 0 saturated heterocycles. The number of para-hydroxylation sites is 1. The summed E-state index contributed by atoms with van der Waals surface area (Å²) in [5, 5.41) is 12.7. The van der Waals surface area contributed by atoms with E-state index in [9.17, 15) is 14.7 Å². The maximum atomic E-state index is 12.8. The lowest BCUT2D eigenvalue weighted by molar-refractivity contribution is -0.153. The predicted octanol–water partition coefficient (Wildman–Crippen LogP) is 6.26. The van der Waals surface area contributed by atoms with Crippen molar-refractivity contribution in [2.75, 3.05) is 31.6 Å². The van der Waals surface area contributed by atoms with Crippen LogP contribution in [0.2, 0.25) is 0 Å². The normalized spacial score (nSPS) is 12.2. The van der Waals surface area contributed by atoms with E-state index in [-0.39, 0.29) is 12.5 Å². The van der Waals surface area contributed by atoms with Crippen LogP contribution in [0.1, 0.15) is 39.2 Å². The van der Waals surface area contributed by atoms with E-state index in [1.165, 1.54) is 0 Å². The number of hydrogen-bond donors (Lipinski definition) is 2. The number of rotatable bonds is 15. The highest BCUT2D eigenvalue weighted by atomic mass is 16.5. The quantitative estimate of drug-likeness (QED) is 0.223. The molecule has 8 heteroatoms. The van der Waals surface area contributed by atoms with Crippen LogP contribution in [-0.2, 0) is 11.2 Å². The third-order valence-electron chi connectivity index (χ3n) is 6.04. The topological polar surface area (TPSA) is 97.3 Å². The molecule has 39 heavy (non-hydrogen) atoms. The molecule has 208 valence electrons. The first-order valence-electron chi connectivity index (χ1n) is 13.3. The lowest BCUT2D eigenvalue weighted by Crippen LogP contribution is -2.43. The van der Waals surface area contributed by atoms with Crippen LogP contribution in [0.5, 0.6) is 17.2 Å². The lowest BCUT2D eigenvalue weighted by Gasteiger charge is -2.26. The van der Waals surface area contributed by atoms with E-state index in [0.29, 0.717) is 49.9 Å². The summed E-state index contributed by atoms with van der Waals surface area (Å²) in [5.74, 6) is 0.922. The molecule has 3 aromatic carbocycles. The van der Waals surface area contributed by atoms with Crippen LogP contribution in [0.25, 0.3) is 0 Å². The van der Waals surface area contributed by atoms with E-state index < -0.39 is 11.6 Å². The molecule has 3 aromatic rings. The molecule has 0 radical (unpaired) electrons. The first-order valence-corrected chi connectivity index (χ1v) is 13.3. The van der Waals surface area contributed by atoms with Crippen molar-refractivity contribution in [2.45, 2.75) is 45.6 Å². The average molecular weight is 535 g/mol. The van der Waals surface area contributed by atoms with Gasteiger partial charge in [-0.3, -0.25) is 0 Å². The smallest absolute Gasteiger partial charge is 0.348 e. The van der Waals surface area contributed by atoms with E-state index in [2.05, 4.69) is 5.32 Å². The van der Waals surface area contributed by atoms with Gasteiger partial charge in [-0.2, -0.15) is 0 Å². The van der Waals surface area contributed by atoms with E-state index in [0.717, 1.165) is 17.7 Å². The lowest BCUT2D eigenvalue weighted by atomic mass is 9.96. The van der Waals surface area contributed by atoms with Crippen molar-refractivity contribution in [2.24, 2.45) is 0 Å². The summed E-state index contributed by atoms with van der Waals surface area (Å²) in [4.78, 5) is 26.5. The summed E-state index contributed by atoms with van der Waals surface area (Å²) in [6.45, 7) is 7.77. The monoisotopic (exact) mass is 534 g/mol. The Labute approximate surface area is 230 Å². The van der Waals surface area contributed by atoms with Crippen LogP contribution in [0.3, 0.4) is 0 Å². The van der Waals surface area contributed by atoms with Crippen LogP contribution < -0.4 is 19.5 Å². The van der Waals surface area contributed by atoms with Crippen LogP contribution in [0.4, 0.5) is 10.5 Å². The summed E-state index contributed by atoms with van der Waals surface area (Å²) >= 11 is 0. The van der Waals surface area contributed by atoms with Gasteiger partial charge in [0.05, 0.1) is 13.2 Å². The van der Waals surface area contributed by atoms with Crippen molar-refractivity contribution in [1.29, 1.82) is 0 Å². The Bertz CT molecular complexity index is 1170. The number of carbonyl (C=O) groups is 2. The van der Waals surface area contributed by atoms with Gasteiger partial charge in [-0.1, -0.05) is 37.3 Å². The van der Waals surface area contributed by atoms with Crippen molar-refractivity contribution in [3.63, 3.8) is 0 Å². The minimum absolute atomic E-state index is 0.149. The van der Waals surface area contributed by atoms with Crippen LogP contribution >= 0.6 is 0 Å². The van der Waals surface area contributed by atoms with Crippen LogP contribution in [0, 0.1) is 0 Å². The summed E-state index contributed by atoms with van der Waals surface area (Å²) in [7, 11) is 0. The van der Waals surface area contributed by atoms with Gasteiger partial charge in [0, 0.05) is 25.2 Å². The maximum absolute atomic E-state index is 12.8. The number of benzene rings is 3. The molecular weight excluding hydrogens is 496 g/mol. The Morgan fingerprint density at radius 3 is 2.10 bits per heavy atom. The van der Waals surface area contributed by atoms with Crippen LogP contribution in [0.15, 0.2) is 78.9 Å². The molecule has 0 fully saturated rings. The minimum Gasteiger partial charge on any atom is -0.494 e. The highest BCUT2D eigenvalue weighted by molar-refractivity contribution is 5.89. The van der Waals surface area contributed by atoms with Crippen molar-refractivity contribution >= 4 is 17.7 Å². The fourth-order valence-electron chi connectivity index (χ4n) is 4.03. The van der Waals surface area contributed by atoms with Gasteiger partial charge in [-0.25, -0.2) is 9.59 Å². The Morgan fingerprint density at radius 1 is 0.846 bits per heavy atom. The molecule has 1 unspecified atom stereocenters. The Balaban J connectivity index is 1.47. The Kier molecular flexibility index (Phi) is 11.0. The number of hydrogen-bond acceptors (Lipinski definition) is 5. The molecule has 8 nitrogen and oxygen atoms in total. The molecule has 0 aliphatic heterocycles. The standard InChI is InChI=1S/C31H38N2O6/c1-4-20-33(30(36)32-25-14-18-26(19-15-25)37-5-2)21-9-22-38-27-16-12-24(13-17-27)23-31(3,29(34)35)39-28-10-7-6-8-11-28/h6-8,10-19H,4-5,9,20-23H2,1-3H3,(H,32,36)(H,34,35). The van der Waals surface area contributed by atoms with Gasteiger partial charge in [-0.05, 0) is 80.8 Å². The van der Waals surface area contributed by atoms with Gasteiger partial charge in [-0.15, -0.1) is 0 Å². The zero-order valence-electron chi connectivity index (χ0n) is 22.9. The van der Waals surface area contributed by atoms with Crippen LogP contribution in [-0.4, -0.2) is 53.9 Å². The Hall–Kier alpha value is -4.20. The molecule has 0 aromatic heterocycles. The fourth-order valence-corrected chi connectivity index (χ4v) is 4.03. The number of carboxylic acid groups (broad SMARTS) is 1. The summed E-state index contributed by atoms with van der Waals surface area (Å²) in [6, 6.07) is 23.4. The molecule has 2 amide bonds. The second-order valence-electron chi connectivity index (χ2n) is 9.35. The predicted molar refractivity (Wildman–Crippen MR) is 152 cm³/mol. The molecule has 0 aliphatic carbocycles. The summed E-state index contributed by atoms with van der Waals surface area (Å²) in [6.07, 6.45) is 1.72. The molecule has 3 rings (SSSR count). The molecule has 0 saturated carbocycles. The molecule has 1 atom stereocenters. The fraction of sp³-hybridized carbons (Fsp3) is 0.355. The highest BCUT2D eigenvalue weighted by Gasteiger charge is 2.36. The third-order valence-corrected chi connectivity index (χ3v) is 6.04. The number of nitrogens with one attached hydrogen (secondary N) is 1. The number of urea groups is 1. The average Bonchev–Trinajstić information content (AvgIpc) is 2.93. The highest BCUT2D eigenvalue weighted by Crippen LogP contribution is 2.24. The van der Waals surface area contributed by atoms with Gasteiger partial charge in [0.25, 0.3) is 0 Å². The van der Waals surface area contributed by atoms with Crippen molar-refractivity contribution in [1.82, 2.24) is 4.90 Å². The zero-order chi connectivity index (χ0) is 28.1.